The third-order valence-corrected chi connectivity index (χ3v) is 2.76. The van der Waals surface area contributed by atoms with E-state index in [2.05, 4.69) is 5.32 Å². The maximum absolute atomic E-state index is 13.8. The largest absolute Gasteiger partial charge is 0.349 e. The van der Waals surface area contributed by atoms with Gasteiger partial charge in [-0.05, 0) is 12.8 Å². The third-order valence-electron chi connectivity index (χ3n) is 2.76. The summed E-state index contributed by atoms with van der Waals surface area (Å²) in [6.45, 7) is 0. The molecule has 0 atom stereocenters. The van der Waals surface area contributed by atoms with Gasteiger partial charge in [-0.1, -0.05) is 42.5 Å². The summed E-state index contributed by atoms with van der Waals surface area (Å²) in [5.74, 6) is -4.69. The third kappa shape index (κ3) is 2.52. The van der Waals surface area contributed by atoms with Gasteiger partial charge in [-0.2, -0.15) is 8.78 Å². The highest BCUT2D eigenvalue weighted by Gasteiger charge is 2.41. The van der Waals surface area contributed by atoms with Crippen molar-refractivity contribution in [2.45, 2.75) is 24.8 Å². The zero-order valence-corrected chi connectivity index (χ0v) is 9.20. The van der Waals surface area contributed by atoms with E-state index in [0.29, 0.717) is 12.8 Å². The molecular weight excluding hydrogens is 224 g/mol. The fraction of sp³-hybridized carbons (Fsp3) is 0.308. The van der Waals surface area contributed by atoms with E-state index < -0.39 is 11.8 Å². The molecule has 90 valence electrons. The topological polar surface area (TPSA) is 29.1 Å². The molecule has 0 bridgehead atoms. The van der Waals surface area contributed by atoms with Crippen molar-refractivity contribution in [3.63, 3.8) is 0 Å². The molecule has 2 nitrogen and oxygen atoms in total. The van der Waals surface area contributed by atoms with Crippen LogP contribution in [-0.4, -0.2) is 11.9 Å². The number of benzene rings is 1. The molecule has 17 heavy (non-hydrogen) atoms. The minimum absolute atomic E-state index is 0.197. The van der Waals surface area contributed by atoms with E-state index in [-0.39, 0.29) is 11.6 Å². The Balaban J connectivity index is 2.07. The quantitative estimate of drug-likeness (QED) is 0.804. The van der Waals surface area contributed by atoms with Gasteiger partial charge in [0.2, 0.25) is 0 Å². The molecule has 0 heterocycles. The summed E-state index contributed by atoms with van der Waals surface area (Å²) in [5, 5.41) is 2.37. The Hall–Kier alpha value is -1.71. The van der Waals surface area contributed by atoms with Crippen molar-refractivity contribution in [1.29, 1.82) is 0 Å². The molecule has 0 aliphatic heterocycles. The van der Waals surface area contributed by atoms with Crippen molar-refractivity contribution >= 4 is 5.91 Å². The van der Waals surface area contributed by atoms with E-state index in [1.54, 1.807) is 6.07 Å². The molecule has 0 unspecified atom stereocenters. The van der Waals surface area contributed by atoms with Crippen LogP contribution in [0, 0.1) is 0 Å². The Bertz CT molecular complexity index is 420. The van der Waals surface area contributed by atoms with Gasteiger partial charge in [0.1, 0.15) is 0 Å². The van der Waals surface area contributed by atoms with Crippen LogP contribution >= 0.6 is 0 Å². The average molecular weight is 237 g/mol. The number of amides is 1. The van der Waals surface area contributed by atoms with Crippen LogP contribution in [0.15, 0.2) is 42.5 Å². The molecular formula is C13H13F2NO. The van der Waals surface area contributed by atoms with Crippen molar-refractivity contribution in [2.24, 2.45) is 0 Å². The van der Waals surface area contributed by atoms with Crippen LogP contribution < -0.4 is 5.32 Å². The average Bonchev–Trinajstić information content (AvgIpc) is 2.83. The number of alkyl halides is 2. The minimum Gasteiger partial charge on any atom is -0.347 e. The number of hydrogen-bond donors (Lipinski definition) is 1. The lowest BCUT2D eigenvalue weighted by atomic mass is 10.1. The summed E-state index contributed by atoms with van der Waals surface area (Å²) in [4.78, 5) is 11.5. The van der Waals surface area contributed by atoms with Crippen LogP contribution in [0.5, 0.6) is 0 Å². The maximum atomic E-state index is 13.8. The normalized spacial score (nSPS) is 16.1. The second-order valence-corrected chi connectivity index (χ2v) is 4.05. The Labute approximate surface area is 98.3 Å². The van der Waals surface area contributed by atoms with Gasteiger partial charge in [0.05, 0.1) is 0 Å². The van der Waals surface area contributed by atoms with Crippen LogP contribution in [0.2, 0.25) is 0 Å². The minimum atomic E-state index is -3.47. The zero-order valence-electron chi connectivity index (χ0n) is 9.20. The molecule has 1 N–H and O–H groups in total. The van der Waals surface area contributed by atoms with E-state index >= 15 is 0 Å². The van der Waals surface area contributed by atoms with Crippen molar-refractivity contribution in [1.82, 2.24) is 5.32 Å². The van der Waals surface area contributed by atoms with E-state index in [1.807, 2.05) is 12.2 Å². The summed E-state index contributed by atoms with van der Waals surface area (Å²) in [6.07, 6.45) is 5.00. The highest BCUT2D eigenvalue weighted by atomic mass is 19.3. The molecule has 1 aliphatic carbocycles. The van der Waals surface area contributed by atoms with E-state index in [1.165, 1.54) is 24.3 Å². The van der Waals surface area contributed by atoms with Crippen LogP contribution in [0.3, 0.4) is 0 Å². The van der Waals surface area contributed by atoms with Gasteiger partial charge in [0, 0.05) is 11.6 Å². The SMILES string of the molecule is O=C(NC1CC=CC1)C(F)(F)c1ccccc1. The summed E-state index contributed by atoms with van der Waals surface area (Å²) in [6, 6.07) is 6.94. The van der Waals surface area contributed by atoms with Gasteiger partial charge >= 0.3 is 5.92 Å². The molecule has 0 spiro atoms. The van der Waals surface area contributed by atoms with Crippen molar-refractivity contribution in [3.8, 4) is 0 Å². The molecule has 1 aromatic carbocycles. The van der Waals surface area contributed by atoms with Gasteiger partial charge in [-0.15, -0.1) is 0 Å². The number of carbonyl (C=O) groups is 1. The van der Waals surface area contributed by atoms with Gasteiger partial charge in [-0.25, -0.2) is 0 Å². The Morgan fingerprint density at radius 2 is 1.76 bits per heavy atom. The lowest BCUT2D eigenvalue weighted by molar-refractivity contribution is -0.147. The first-order chi connectivity index (χ1) is 8.10. The highest BCUT2D eigenvalue weighted by molar-refractivity contribution is 5.85. The number of hydrogen-bond acceptors (Lipinski definition) is 1. The lowest BCUT2D eigenvalue weighted by Crippen LogP contribution is -2.42. The molecule has 0 saturated heterocycles. The van der Waals surface area contributed by atoms with Gasteiger partial charge in [0.25, 0.3) is 5.91 Å². The fourth-order valence-corrected chi connectivity index (χ4v) is 1.79. The Kier molecular flexibility index (Phi) is 3.22. The summed E-state index contributed by atoms with van der Waals surface area (Å²) >= 11 is 0. The van der Waals surface area contributed by atoms with Crippen molar-refractivity contribution in [2.75, 3.05) is 0 Å². The van der Waals surface area contributed by atoms with Crippen molar-refractivity contribution in [3.05, 3.63) is 48.0 Å². The molecule has 0 aromatic heterocycles. The molecule has 4 heteroatoms. The Morgan fingerprint density at radius 1 is 1.18 bits per heavy atom. The first-order valence-corrected chi connectivity index (χ1v) is 5.50. The molecule has 1 aliphatic rings. The van der Waals surface area contributed by atoms with Crippen LogP contribution in [0.25, 0.3) is 0 Å². The summed E-state index contributed by atoms with van der Waals surface area (Å²) in [7, 11) is 0. The predicted octanol–water partition coefficient (Wildman–Crippen LogP) is 2.61. The monoisotopic (exact) mass is 237 g/mol. The molecule has 2 rings (SSSR count). The van der Waals surface area contributed by atoms with Gasteiger partial charge in [0.15, 0.2) is 0 Å². The van der Waals surface area contributed by atoms with Crippen LogP contribution in [0.1, 0.15) is 18.4 Å². The number of nitrogens with one attached hydrogen (secondary N) is 1. The van der Waals surface area contributed by atoms with E-state index in [4.69, 9.17) is 0 Å². The number of halogens is 2. The lowest BCUT2D eigenvalue weighted by Gasteiger charge is -2.19. The van der Waals surface area contributed by atoms with Crippen LogP contribution in [-0.2, 0) is 10.7 Å². The smallest absolute Gasteiger partial charge is 0.347 e. The van der Waals surface area contributed by atoms with E-state index in [9.17, 15) is 13.6 Å². The van der Waals surface area contributed by atoms with Gasteiger partial charge < -0.3 is 5.32 Å². The second-order valence-electron chi connectivity index (χ2n) is 4.05. The first-order valence-electron chi connectivity index (χ1n) is 5.50. The molecule has 0 radical (unpaired) electrons. The summed E-state index contributed by atoms with van der Waals surface area (Å²) < 4.78 is 27.5. The standard InChI is InChI=1S/C13H13F2NO/c14-13(15,10-6-2-1-3-7-10)12(17)16-11-8-4-5-9-11/h1-7,11H,8-9H2,(H,16,17). The van der Waals surface area contributed by atoms with Crippen LogP contribution in [0.4, 0.5) is 8.78 Å². The second kappa shape index (κ2) is 4.65. The predicted molar refractivity (Wildman–Crippen MR) is 60.6 cm³/mol. The Morgan fingerprint density at radius 3 is 2.35 bits per heavy atom. The molecule has 0 fully saturated rings. The number of rotatable bonds is 3. The zero-order chi connectivity index (χ0) is 12.3. The summed E-state index contributed by atoms with van der Waals surface area (Å²) in [5.41, 5.74) is -0.275. The first kappa shape index (κ1) is 11.8. The molecule has 1 amide bonds. The molecule has 1 aromatic rings. The molecule has 0 saturated carbocycles. The maximum Gasteiger partial charge on any atom is 0.349 e. The van der Waals surface area contributed by atoms with Gasteiger partial charge in [-0.3, -0.25) is 4.79 Å². The highest BCUT2D eigenvalue weighted by Crippen LogP contribution is 2.28. The number of carbonyl (C=O) groups excluding carboxylic acids is 1. The van der Waals surface area contributed by atoms with E-state index in [0.717, 1.165) is 0 Å². The van der Waals surface area contributed by atoms with Crippen molar-refractivity contribution < 1.29 is 13.6 Å². The fourth-order valence-electron chi connectivity index (χ4n) is 1.79.